The summed E-state index contributed by atoms with van der Waals surface area (Å²) in [4.78, 5) is 12.1. The molecule has 5 heteroatoms. The maximum absolute atomic E-state index is 12.1. The van der Waals surface area contributed by atoms with Gasteiger partial charge in [0, 0.05) is 5.69 Å². The summed E-state index contributed by atoms with van der Waals surface area (Å²) < 4.78 is 10.5. The van der Waals surface area contributed by atoms with Crippen LogP contribution in [0.3, 0.4) is 0 Å². The van der Waals surface area contributed by atoms with Crippen LogP contribution in [0, 0.1) is 0 Å². The van der Waals surface area contributed by atoms with E-state index >= 15 is 0 Å². The lowest BCUT2D eigenvalue weighted by Gasteiger charge is -2.15. The number of methoxy groups -OCH3 is 1. The molecule has 0 spiro atoms. The fourth-order valence-corrected chi connectivity index (χ4v) is 1.88. The van der Waals surface area contributed by atoms with E-state index in [1.54, 1.807) is 31.4 Å². The molecule has 1 atom stereocenters. The van der Waals surface area contributed by atoms with Crippen molar-refractivity contribution in [3.05, 3.63) is 60.2 Å². The first kappa shape index (κ1) is 16.0. The molecule has 0 bridgehead atoms. The number of hydrogen-bond acceptors (Lipinski definition) is 4. The Morgan fingerprint density at radius 1 is 1.14 bits per heavy atom. The number of hydrogen-bond donors (Lipinski definition) is 2. The van der Waals surface area contributed by atoms with Crippen molar-refractivity contribution in [1.82, 2.24) is 0 Å². The van der Waals surface area contributed by atoms with Crippen molar-refractivity contribution in [3.63, 3.8) is 0 Å². The molecule has 2 N–H and O–H groups in total. The molecule has 0 radical (unpaired) electrons. The molecule has 0 heterocycles. The summed E-state index contributed by atoms with van der Waals surface area (Å²) in [6, 6.07) is 16.4. The molecule has 0 saturated carbocycles. The summed E-state index contributed by atoms with van der Waals surface area (Å²) in [5.74, 6) is 0.320. The molecule has 2 aromatic rings. The summed E-state index contributed by atoms with van der Waals surface area (Å²) in [6.07, 6.45) is -0.915. The molecule has 0 aromatic heterocycles. The van der Waals surface area contributed by atoms with Crippen molar-refractivity contribution < 1.29 is 19.4 Å². The SMILES string of the molecule is COc1ccc(NC(=O)[C@H](CO)OCc2ccccc2)cc1. The maximum Gasteiger partial charge on any atom is 0.255 e. The van der Waals surface area contributed by atoms with E-state index in [1.165, 1.54) is 0 Å². The van der Waals surface area contributed by atoms with Crippen LogP contribution in [0.1, 0.15) is 5.56 Å². The first-order valence-corrected chi connectivity index (χ1v) is 6.94. The van der Waals surface area contributed by atoms with Crippen LogP contribution in [0.2, 0.25) is 0 Å². The number of carbonyl (C=O) groups is 1. The summed E-state index contributed by atoms with van der Waals surface area (Å²) >= 11 is 0. The van der Waals surface area contributed by atoms with Gasteiger partial charge in [0.2, 0.25) is 0 Å². The number of anilines is 1. The highest BCUT2D eigenvalue weighted by Gasteiger charge is 2.18. The van der Waals surface area contributed by atoms with Gasteiger partial charge in [0.1, 0.15) is 5.75 Å². The topological polar surface area (TPSA) is 67.8 Å². The van der Waals surface area contributed by atoms with Crippen molar-refractivity contribution in [1.29, 1.82) is 0 Å². The predicted molar refractivity (Wildman–Crippen MR) is 83.7 cm³/mol. The zero-order chi connectivity index (χ0) is 15.8. The van der Waals surface area contributed by atoms with Crippen LogP contribution in [-0.4, -0.2) is 30.8 Å². The minimum absolute atomic E-state index is 0.266. The molecule has 2 aromatic carbocycles. The Labute approximate surface area is 129 Å². The zero-order valence-electron chi connectivity index (χ0n) is 12.4. The summed E-state index contributed by atoms with van der Waals surface area (Å²) in [6.45, 7) is -0.114. The number of rotatable bonds is 7. The van der Waals surface area contributed by atoms with Crippen LogP contribution >= 0.6 is 0 Å². The number of amides is 1. The highest BCUT2D eigenvalue weighted by Crippen LogP contribution is 2.15. The van der Waals surface area contributed by atoms with E-state index in [2.05, 4.69) is 5.32 Å². The van der Waals surface area contributed by atoms with Gasteiger partial charge in [-0.25, -0.2) is 0 Å². The maximum atomic E-state index is 12.1. The van der Waals surface area contributed by atoms with Gasteiger partial charge in [0.05, 0.1) is 20.3 Å². The van der Waals surface area contributed by atoms with Crippen LogP contribution in [0.15, 0.2) is 54.6 Å². The third-order valence-corrected chi connectivity index (χ3v) is 3.11. The fourth-order valence-electron chi connectivity index (χ4n) is 1.88. The molecule has 5 nitrogen and oxygen atoms in total. The van der Waals surface area contributed by atoms with Crippen LogP contribution in [-0.2, 0) is 16.1 Å². The Kier molecular flexibility index (Phi) is 5.94. The normalized spacial score (nSPS) is 11.7. The van der Waals surface area contributed by atoms with Crippen molar-refractivity contribution in [2.45, 2.75) is 12.7 Å². The van der Waals surface area contributed by atoms with Gasteiger partial charge in [-0.1, -0.05) is 30.3 Å². The van der Waals surface area contributed by atoms with E-state index in [1.807, 2.05) is 30.3 Å². The molecule has 1 amide bonds. The second-order valence-electron chi connectivity index (χ2n) is 4.69. The highest BCUT2D eigenvalue weighted by molar-refractivity contribution is 5.94. The Morgan fingerprint density at radius 3 is 2.41 bits per heavy atom. The van der Waals surface area contributed by atoms with Gasteiger partial charge >= 0.3 is 0 Å². The van der Waals surface area contributed by atoms with Crippen LogP contribution in [0.5, 0.6) is 5.75 Å². The van der Waals surface area contributed by atoms with Gasteiger partial charge in [-0.3, -0.25) is 4.79 Å². The van der Waals surface area contributed by atoms with E-state index < -0.39 is 6.10 Å². The molecule has 116 valence electrons. The summed E-state index contributed by atoms with van der Waals surface area (Å²) in [5.41, 5.74) is 1.56. The second-order valence-corrected chi connectivity index (χ2v) is 4.69. The Bertz CT molecular complexity index is 583. The van der Waals surface area contributed by atoms with Gasteiger partial charge in [0.15, 0.2) is 6.10 Å². The third kappa shape index (κ3) is 4.58. The van der Waals surface area contributed by atoms with Gasteiger partial charge in [-0.05, 0) is 29.8 Å². The van der Waals surface area contributed by atoms with Crippen LogP contribution in [0.25, 0.3) is 0 Å². The Balaban J connectivity index is 1.90. The second kappa shape index (κ2) is 8.17. The molecule has 22 heavy (non-hydrogen) atoms. The lowest BCUT2D eigenvalue weighted by Crippen LogP contribution is -2.33. The lowest BCUT2D eigenvalue weighted by molar-refractivity contribution is -0.130. The largest absolute Gasteiger partial charge is 0.497 e. The van der Waals surface area contributed by atoms with E-state index in [0.717, 1.165) is 5.56 Å². The molecule has 0 aliphatic heterocycles. The number of ether oxygens (including phenoxy) is 2. The standard InChI is InChI=1S/C17H19NO4/c1-21-15-9-7-14(8-10-15)18-17(20)16(11-19)22-12-13-5-3-2-4-6-13/h2-10,16,19H,11-12H2,1H3,(H,18,20)/t16-/m0/s1. The summed E-state index contributed by atoms with van der Waals surface area (Å²) in [5, 5.41) is 12.0. The Hall–Kier alpha value is -2.37. The van der Waals surface area contributed by atoms with Crippen molar-refractivity contribution in [2.24, 2.45) is 0 Å². The van der Waals surface area contributed by atoms with Crippen LogP contribution < -0.4 is 10.1 Å². The zero-order valence-corrected chi connectivity index (χ0v) is 12.4. The first-order chi connectivity index (χ1) is 10.7. The monoisotopic (exact) mass is 301 g/mol. The molecule has 2 rings (SSSR count). The van der Waals surface area contributed by atoms with E-state index in [-0.39, 0.29) is 19.1 Å². The van der Waals surface area contributed by atoms with Gasteiger partial charge < -0.3 is 19.9 Å². The average Bonchev–Trinajstić information content (AvgIpc) is 2.57. The molecular weight excluding hydrogens is 282 g/mol. The fraction of sp³-hybridized carbons (Fsp3) is 0.235. The summed E-state index contributed by atoms with van der Waals surface area (Å²) in [7, 11) is 1.58. The first-order valence-electron chi connectivity index (χ1n) is 6.94. The number of nitrogens with one attached hydrogen (secondary N) is 1. The molecule has 0 aliphatic rings. The van der Waals surface area contributed by atoms with E-state index in [0.29, 0.717) is 11.4 Å². The van der Waals surface area contributed by atoms with Crippen molar-refractivity contribution >= 4 is 11.6 Å². The molecule has 0 saturated heterocycles. The van der Waals surface area contributed by atoms with Gasteiger partial charge in [-0.15, -0.1) is 0 Å². The molecule has 0 aliphatic carbocycles. The van der Waals surface area contributed by atoms with E-state index in [9.17, 15) is 9.90 Å². The number of carbonyl (C=O) groups excluding carboxylic acids is 1. The number of aliphatic hydroxyl groups excluding tert-OH is 1. The van der Waals surface area contributed by atoms with Gasteiger partial charge in [-0.2, -0.15) is 0 Å². The number of aliphatic hydroxyl groups is 1. The predicted octanol–water partition coefficient (Wildman–Crippen LogP) is 2.21. The van der Waals surface area contributed by atoms with E-state index in [4.69, 9.17) is 9.47 Å². The molecule has 0 fully saturated rings. The Morgan fingerprint density at radius 2 is 1.82 bits per heavy atom. The smallest absolute Gasteiger partial charge is 0.255 e. The quantitative estimate of drug-likeness (QED) is 0.823. The minimum Gasteiger partial charge on any atom is -0.497 e. The molecular formula is C17H19NO4. The third-order valence-electron chi connectivity index (χ3n) is 3.11. The minimum atomic E-state index is -0.915. The van der Waals surface area contributed by atoms with Crippen molar-refractivity contribution in [2.75, 3.05) is 19.0 Å². The highest BCUT2D eigenvalue weighted by atomic mass is 16.5. The van der Waals surface area contributed by atoms with Crippen LogP contribution in [0.4, 0.5) is 5.69 Å². The van der Waals surface area contributed by atoms with Crippen molar-refractivity contribution in [3.8, 4) is 5.75 Å². The average molecular weight is 301 g/mol. The number of benzene rings is 2. The van der Waals surface area contributed by atoms with Gasteiger partial charge in [0.25, 0.3) is 5.91 Å². The lowest BCUT2D eigenvalue weighted by atomic mass is 10.2. The molecule has 0 unspecified atom stereocenters.